The van der Waals surface area contributed by atoms with E-state index in [1.54, 1.807) is 6.92 Å². The van der Waals surface area contributed by atoms with Gasteiger partial charge in [-0.3, -0.25) is 9.59 Å². The molecule has 1 fully saturated rings. The molecule has 2 heterocycles. The van der Waals surface area contributed by atoms with Gasteiger partial charge in [-0.1, -0.05) is 113 Å². The molecule has 4 rings (SSSR count). The molecule has 0 saturated carbocycles. The van der Waals surface area contributed by atoms with E-state index in [0.717, 1.165) is 24.6 Å². The standard InChI is InChI=1S/C31H41N3O3S2Si/c1-7-22(2)27(32-29(36)28-21-38-30(33-28)34-18-24(19-34)39-23(3)35)20-37-40(31(4,5)6,25-14-10-8-11-15-25)26-16-12-9-13-17-26/h8-17,21-22,24,27H,7,18-20H2,1-6H3,(H,32,36)/t22-,27+/m0/s1. The molecule has 1 aliphatic heterocycles. The Morgan fingerprint density at radius 2 is 1.68 bits per heavy atom. The van der Waals surface area contributed by atoms with E-state index in [1.807, 2.05) is 17.5 Å². The van der Waals surface area contributed by atoms with Crippen LogP contribution in [0.15, 0.2) is 66.0 Å². The summed E-state index contributed by atoms with van der Waals surface area (Å²) in [6.45, 7) is 14.7. The highest BCUT2D eigenvalue weighted by Crippen LogP contribution is 2.37. The van der Waals surface area contributed by atoms with Crippen LogP contribution in [-0.4, -0.2) is 55.3 Å². The highest BCUT2D eigenvalue weighted by atomic mass is 32.2. The maximum absolute atomic E-state index is 13.4. The fraction of sp³-hybridized carbons (Fsp3) is 0.452. The topological polar surface area (TPSA) is 71.5 Å². The van der Waals surface area contributed by atoms with Crippen LogP contribution >= 0.6 is 23.1 Å². The van der Waals surface area contributed by atoms with E-state index in [-0.39, 0.29) is 28.0 Å². The number of amides is 1. The number of hydrogen-bond acceptors (Lipinski definition) is 7. The lowest BCUT2D eigenvalue weighted by atomic mass is 10.00. The minimum absolute atomic E-state index is 0.139. The molecule has 214 valence electrons. The van der Waals surface area contributed by atoms with E-state index in [1.165, 1.54) is 33.5 Å². The second kappa shape index (κ2) is 13.0. The van der Waals surface area contributed by atoms with Crippen molar-refractivity contribution in [1.82, 2.24) is 10.3 Å². The van der Waals surface area contributed by atoms with Crippen LogP contribution < -0.4 is 20.6 Å². The summed E-state index contributed by atoms with van der Waals surface area (Å²) in [4.78, 5) is 31.5. The van der Waals surface area contributed by atoms with Gasteiger partial charge in [0.1, 0.15) is 5.69 Å². The Morgan fingerprint density at radius 3 is 2.17 bits per heavy atom. The summed E-state index contributed by atoms with van der Waals surface area (Å²) in [7, 11) is -2.73. The molecular weight excluding hydrogens is 555 g/mol. The predicted molar refractivity (Wildman–Crippen MR) is 171 cm³/mol. The normalized spacial score (nSPS) is 15.8. The number of carbonyl (C=O) groups excluding carboxylic acids is 2. The molecule has 0 aliphatic carbocycles. The Morgan fingerprint density at radius 1 is 1.10 bits per heavy atom. The Balaban J connectivity index is 1.54. The average Bonchev–Trinajstić information content (AvgIpc) is 3.40. The van der Waals surface area contributed by atoms with Crippen molar-refractivity contribution in [3.05, 3.63) is 71.7 Å². The van der Waals surface area contributed by atoms with Crippen LogP contribution in [0.3, 0.4) is 0 Å². The zero-order chi connectivity index (χ0) is 28.9. The molecule has 0 spiro atoms. The SMILES string of the molecule is CC[C@H](C)[C@@H](CO[Si](c1ccccc1)(c1ccccc1)C(C)(C)C)NC(=O)c1csc(N2CC(SC(C)=O)C2)n1. The molecule has 2 atom stereocenters. The fourth-order valence-electron chi connectivity index (χ4n) is 5.27. The lowest BCUT2D eigenvalue weighted by Crippen LogP contribution is -2.67. The largest absolute Gasteiger partial charge is 0.405 e. The van der Waals surface area contributed by atoms with E-state index < -0.39 is 8.32 Å². The van der Waals surface area contributed by atoms with Gasteiger partial charge in [-0.25, -0.2) is 4.98 Å². The van der Waals surface area contributed by atoms with E-state index >= 15 is 0 Å². The van der Waals surface area contributed by atoms with Gasteiger partial charge in [0.15, 0.2) is 10.2 Å². The number of anilines is 1. The molecule has 0 unspecified atom stereocenters. The van der Waals surface area contributed by atoms with Gasteiger partial charge in [0.25, 0.3) is 14.2 Å². The monoisotopic (exact) mass is 595 g/mol. The fourth-order valence-corrected chi connectivity index (χ4v) is 11.7. The minimum atomic E-state index is -2.73. The second-order valence-corrected chi connectivity index (χ2v) is 18.2. The third kappa shape index (κ3) is 6.70. The van der Waals surface area contributed by atoms with Crippen LogP contribution in [0, 0.1) is 5.92 Å². The van der Waals surface area contributed by atoms with Crippen molar-refractivity contribution in [2.24, 2.45) is 5.92 Å². The third-order valence-electron chi connectivity index (χ3n) is 7.72. The zero-order valence-corrected chi connectivity index (χ0v) is 27.0. The number of thiazole rings is 1. The summed E-state index contributed by atoms with van der Waals surface area (Å²) in [6.07, 6.45) is 0.917. The smallest absolute Gasteiger partial charge is 0.271 e. The van der Waals surface area contributed by atoms with E-state index in [0.29, 0.717) is 17.6 Å². The second-order valence-electron chi connectivity index (χ2n) is 11.6. The van der Waals surface area contributed by atoms with E-state index in [2.05, 4.69) is 98.4 Å². The Kier molecular flexibility index (Phi) is 9.92. The van der Waals surface area contributed by atoms with Crippen LogP contribution in [0.4, 0.5) is 5.13 Å². The first-order chi connectivity index (χ1) is 19.0. The number of aromatic nitrogens is 1. The number of nitrogens with zero attached hydrogens (tertiary/aromatic N) is 2. The number of benzene rings is 2. The maximum atomic E-state index is 13.4. The maximum Gasteiger partial charge on any atom is 0.271 e. The average molecular weight is 596 g/mol. The van der Waals surface area contributed by atoms with Crippen molar-refractivity contribution in [2.75, 3.05) is 24.6 Å². The van der Waals surface area contributed by atoms with Crippen LogP contribution in [0.25, 0.3) is 0 Å². The number of carbonyl (C=O) groups is 2. The molecule has 0 radical (unpaired) electrons. The first kappa shape index (κ1) is 30.5. The van der Waals surface area contributed by atoms with Crippen molar-refractivity contribution < 1.29 is 14.0 Å². The molecule has 6 nitrogen and oxygen atoms in total. The third-order valence-corrected chi connectivity index (χ3v) is 14.6. The van der Waals surface area contributed by atoms with Gasteiger partial charge in [0, 0.05) is 30.6 Å². The summed E-state index contributed by atoms with van der Waals surface area (Å²) in [5.41, 5.74) is 0.432. The van der Waals surface area contributed by atoms with Crippen LogP contribution in [-0.2, 0) is 9.22 Å². The van der Waals surface area contributed by atoms with Crippen molar-refractivity contribution in [3.8, 4) is 0 Å². The first-order valence-corrected chi connectivity index (χ1v) is 17.7. The molecule has 2 aromatic carbocycles. The summed E-state index contributed by atoms with van der Waals surface area (Å²) in [5.74, 6) is 0.0500. The van der Waals surface area contributed by atoms with Crippen molar-refractivity contribution in [2.45, 2.75) is 64.3 Å². The minimum Gasteiger partial charge on any atom is -0.405 e. The summed E-state index contributed by atoms with van der Waals surface area (Å²) >= 11 is 2.85. The molecular formula is C31H41N3O3S2Si. The van der Waals surface area contributed by atoms with Crippen LogP contribution in [0.5, 0.6) is 0 Å². The highest BCUT2D eigenvalue weighted by molar-refractivity contribution is 8.14. The lowest BCUT2D eigenvalue weighted by molar-refractivity contribution is -0.109. The number of rotatable bonds is 11. The van der Waals surface area contributed by atoms with Gasteiger partial charge in [-0.2, -0.15) is 0 Å². The van der Waals surface area contributed by atoms with Crippen LogP contribution in [0.1, 0.15) is 58.5 Å². The van der Waals surface area contributed by atoms with Gasteiger partial charge < -0.3 is 14.6 Å². The van der Waals surface area contributed by atoms with Gasteiger partial charge in [-0.15, -0.1) is 11.3 Å². The zero-order valence-electron chi connectivity index (χ0n) is 24.3. The van der Waals surface area contributed by atoms with Crippen molar-refractivity contribution >= 4 is 57.9 Å². The number of hydrogen-bond donors (Lipinski definition) is 1. The molecule has 3 aromatic rings. The molecule has 1 N–H and O–H groups in total. The first-order valence-electron chi connectivity index (χ1n) is 14.0. The van der Waals surface area contributed by atoms with Crippen molar-refractivity contribution in [1.29, 1.82) is 0 Å². The summed E-state index contributed by atoms with van der Waals surface area (Å²) < 4.78 is 7.17. The quantitative estimate of drug-likeness (QED) is 0.302. The van der Waals surface area contributed by atoms with Gasteiger partial charge in [0.2, 0.25) is 0 Å². The summed E-state index contributed by atoms with van der Waals surface area (Å²) in [5, 5.41) is 8.67. The molecule has 1 aliphatic rings. The summed E-state index contributed by atoms with van der Waals surface area (Å²) in [6, 6.07) is 21.0. The molecule has 1 aromatic heterocycles. The Hall–Kier alpha value is -2.46. The Bertz CT molecular complexity index is 1230. The van der Waals surface area contributed by atoms with Gasteiger partial charge in [0.05, 0.1) is 12.6 Å². The van der Waals surface area contributed by atoms with E-state index in [4.69, 9.17) is 4.43 Å². The van der Waals surface area contributed by atoms with Gasteiger partial charge >= 0.3 is 0 Å². The molecule has 9 heteroatoms. The van der Waals surface area contributed by atoms with Gasteiger partial charge in [-0.05, 0) is 21.3 Å². The molecule has 0 bridgehead atoms. The van der Waals surface area contributed by atoms with Crippen LogP contribution in [0.2, 0.25) is 5.04 Å². The van der Waals surface area contributed by atoms with Crippen molar-refractivity contribution in [3.63, 3.8) is 0 Å². The van der Waals surface area contributed by atoms with E-state index in [9.17, 15) is 9.59 Å². The molecule has 40 heavy (non-hydrogen) atoms. The number of thioether (sulfide) groups is 1. The highest BCUT2D eigenvalue weighted by Gasteiger charge is 2.50. The molecule has 1 saturated heterocycles. The Labute approximate surface area is 248 Å². The lowest BCUT2D eigenvalue weighted by Gasteiger charge is -2.44. The predicted octanol–water partition coefficient (Wildman–Crippen LogP) is 5.33. The number of nitrogens with one attached hydrogen (secondary N) is 1. The molecule has 1 amide bonds.